The normalized spacial score (nSPS) is 35.7. The number of imide groups is 1. The van der Waals surface area contributed by atoms with E-state index in [0.29, 0.717) is 33.0 Å². The molecule has 0 aliphatic carbocycles. The van der Waals surface area contributed by atoms with E-state index in [1.807, 2.05) is 139 Å². The first-order chi connectivity index (χ1) is 65.3. The topological polar surface area (TPSA) is 497 Å². The van der Waals surface area contributed by atoms with Gasteiger partial charge in [-0.2, -0.15) is 13.5 Å². The minimum Gasteiger partial charge on any atom is -0.480 e. The van der Waals surface area contributed by atoms with Gasteiger partial charge >= 0.3 is 17.9 Å². The molecule has 0 saturated carbocycles. The van der Waals surface area contributed by atoms with Gasteiger partial charge in [0.15, 0.2) is 57.9 Å². The number of benzene rings is 2. The molecule has 16 saturated heterocycles. The lowest BCUT2D eigenvalue weighted by atomic mass is 9.96. The van der Waals surface area contributed by atoms with Crippen LogP contribution in [0.1, 0.15) is 189 Å². The number of aliphatic hydroxyl groups is 1. The summed E-state index contributed by atoms with van der Waals surface area (Å²) in [6.45, 7) is 44.6. The van der Waals surface area contributed by atoms with Crippen LogP contribution in [0.3, 0.4) is 0 Å². The van der Waals surface area contributed by atoms with E-state index in [0.717, 1.165) is 30.9 Å². The van der Waals surface area contributed by atoms with E-state index in [1.54, 1.807) is 65.4 Å². The monoisotopic (exact) mass is 2080 g/mol. The lowest BCUT2D eigenvalue weighted by Crippen LogP contribution is -2.62. The van der Waals surface area contributed by atoms with Gasteiger partial charge < -0.3 is 138 Å². The Balaban J connectivity index is 0.000000160. The van der Waals surface area contributed by atoms with Crippen LogP contribution in [0, 0.1) is 0 Å². The van der Waals surface area contributed by atoms with Crippen molar-refractivity contribution >= 4 is 59.6 Å². The molecule has 2 amide bonds. The van der Waals surface area contributed by atoms with Gasteiger partial charge in [0.1, 0.15) is 111 Å². The molecule has 2 aromatic carbocycles. The highest BCUT2D eigenvalue weighted by molar-refractivity contribution is 8.13. The Morgan fingerprint density at radius 1 is 0.423 bits per heavy atom. The summed E-state index contributed by atoms with van der Waals surface area (Å²) >= 11 is 0. The summed E-state index contributed by atoms with van der Waals surface area (Å²) < 4.78 is 200. The Morgan fingerprint density at radius 3 is 0.986 bits per heavy atom. The second-order valence-corrected chi connectivity index (χ2v) is 47.0. The predicted molar refractivity (Wildman–Crippen MR) is 497 cm³/mol. The fourth-order valence-corrected chi connectivity index (χ4v) is 20.1. The highest BCUT2D eigenvalue weighted by Crippen LogP contribution is 2.54. The smallest absolute Gasteiger partial charge is 0.320 e. The number of carbonyl (C=O) groups excluding carboxylic acids is 3. The number of carboxylic acid groups (broad SMARTS) is 2. The molecule has 18 rings (SSSR count). The van der Waals surface area contributed by atoms with Gasteiger partial charge in [-0.25, -0.2) is 8.42 Å². The molecule has 0 bridgehead atoms. The molecular formula is C95H149ClN4O40S2. The van der Waals surface area contributed by atoms with Crippen molar-refractivity contribution in [2.75, 3.05) is 119 Å². The van der Waals surface area contributed by atoms with Gasteiger partial charge in [-0.3, -0.25) is 48.1 Å². The molecule has 16 aliphatic rings. The first-order valence-electron chi connectivity index (χ1n) is 47.5. The quantitative estimate of drug-likeness (QED) is 0.0212. The SMILES string of the molecule is C=C(CCC)CCc1ccccc1.CC1(C)O[C@@H]2[C@@H](CO[C@@]3(CO)OC(C)(C)O[C@@H]23)O1.CC1(C)O[C@@H]2[C@@H](CO[C@@]3(COS(C)(=O)=O)OC(C)(C)O[C@@H]23)O1.CN(CC(=O)O)C[C@@]12OC[C@H]3OC(C)(C)O[C@H]3[C@@H]1OC(C)(C)O2.CN(CC(=O)O)C[C@@]12OC[C@H]3OC(C)(C)O[C@H]3[C@@H]1OC(C)(C)O2.CN(CC(=O)OCc1ccccc1)C[C@@]12OC[C@H]3OC(C)(C)O[C@H]3[C@@H]1OC(C)(C)O2.CS(=O)(=O)Cl.O=C1CCC(=O)N1O. The Labute approximate surface area is 835 Å². The number of hydroxylamine groups is 2. The zero-order chi connectivity index (χ0) is 105. The van der Waals surface area contributed by atoms with Crippen molar-refractivity contribution in [2.24, 2.45) is 0 Å². The molecule has 0 unspecified atom stereocenters. The predicted octanol–water partition coefficient (Wildman–Crippen LogP) is 7.28. The number of nitrogens with zero attached hydrogens (tertiary/aromatic N) is 4. The molecule has 16 fully saturated rings. The molecule has 142 heavy (non-hydrogen) atoms. The number of aliphatic hydroxyl groups excluding tert-OH is 1. The summed E-state index contributed by atoms with van der Waals surface area (Å²) in [5.41, 5.74) is 3.75. The summed E-state index contributed by atoms with van der Waals surface area (Å²) in [5, 5.41) is 36.1. The number of hydrogen-bond acceptors (Lipinski definition) is 41. The number of carboxylic acids is 2. The van der Waals surface area contributed by atoms with E-state index in [-0.39, 0.29) is 138 Å². The molecule has 0 spiro atoms. The van der Waals surface area contributed by atoms with Gasteiger partial charge in [0, 0.05) is 23.5 Å². The number of fused-ring (bicyclic) bond motifs is 15. The fourth-order valence-electron chi connectivity index (χ4n) is 19.8. The van der Waals surface area contributed by atoms with E-state index in [1.165, 1.54) is 24.0 Å². The molecular weight excluding hydrogens is 1940 g/mol. The zero-order valence-electron chi connectivity index (χ0n) is 86.3. The van der Waals surface area contributed by atoms with Crippen molar-refractivity contribution in [3.63, 3.8) is 0 Å². The number of esters is 1. The first-order valence-corrected chi connectivity index (χ1v) is 52.0. The van der Waals surface area contributed by atoms with Gasteiger partial charge in [0.2, 0.25) is 38.0 Å². The first kappa shape index (κ1) is 117. The van der Waals surface area contributed by atoms with Gasteiger partial charge in [0.25, 0.3) is 21.9 Å². The van der Waals surface area contributed by atoms with Crippen molar-refractivity contribution < 1.29 is 189 Å². The van der Waals surface area contributed by atoms with E-state index in [9.17, 15) is 45.9 Å². The number of carbonyl (C=O) groups is 5. The maximum absolute atomic E-state index is 12.3. The van der Waals surface area contributed by atoms with E-state index in [4.69, 9.17) is 143 Å². The number of hydrogen-bond donors (Lipinski definition) is 4. The standard InChI is InChI=1S/C22H31NO7.2C15H25NO7.C13H22O8S.C13H18.C12H20O6.C4H5NO3.CH3ClO2S/c1-20(2)27-16-13-26-22(19(18(16)28-20)29-21(3,4)30-22)14-23(5)11-17(24)25-12-15-9-7-6-8-10-15;2*1-13(2)20-9-7-19-15(8-16(5)6-10(17)18)12(11(9)21-13)22-14(3,4)23-15;1-11(2)18-8-6-16-13(7-17-22(5,14)15)10(9(8)19-11)20-12(3,4)21-13;1-3-7-12(2)10-11-13-8-5-4-6-9-13;1-10(2)15-7-5-14-12(6-13)9(8(7)16-10)17-11(3,4)18-12;6-3-1-2-4(7)5(3)8;1-5(2,3)4/h6-10,16,18-19H,11-14H2,1-5H3;2*9,11-12H,6-8H2,1-5H3,(H,17,18);8-10H,6-7H2,1-5H3;4-6,8-9H,2-3,7,10-11H2,1H3;7-9,13H,5-6H2,1-4H3;8H,1-2H2;1H3/t16-,18-,19+,22+;2*9-,11-,12+,15+;8-,9-,10+,13+;;7-,8-,9+,12+;;/m1111.1../s1. The third kappa shape index (κ3) is 31.0. The van der Waals surface area contributed by atoms with Crippen LogP contribution >= 0.6 is 10.7 Å². The molecule has 16 aliphatic heterocycles. The minimum absolute atomic E-state index is 0.103. The van der Waals surface area contributed by atoms with Crippen molar-refractivity contribution in [3.05, 3.63) is 83.9 Å². The number of aliphatic carboxylic acids is 2. The molecule has 4 N–H and O–H groups in total. The van der Waals surface area contributed by atoms with Gasteiger partial charge in [-0.1, -0.05) is 86.2 Å². The summed E-state index contributed by atoms with van der Waals surface area (Å²) in [6.07, 6.45) is 1.42. The van der Waals surface area contributed by atoms with Crippen LogP contribution in [-0.2, 0) is 184 Å². The molecule has 0 aromatic heterocycles. The van der Waals surface area contributed by atoms with Crippen LogP contribution in [0.25, 0.3) is 0 Å². The average Bonchev–Trinajstić information content (AvgIpc) is 1.61. The summed E-state index contributed by atoms with van der Waals surface area (Å²) in [5.74, 6) is -16.7. The second-order valence-electron chi connectivity index (χ2n) is 42.4. The molecule has 44 nitrogen and oxygen atoms in total. The molecule has 16 heterocycles. The van der Waals surface area contributed by atoms with Crippen molar-refractivity contribution in [3.8, 4) is 0 Å². The Morgan fingerprint density at radius 2 is 0.697 bits per heavy atom. The number of halogens is 1. The van der Waals surface area contributed by atoms with Crippen LogP contribution in [0.5, 0.6) is 0 Å². The highest BCUT2D eigenvalue weighted by Gasteiger charge is 2.72. The number of ether oxygens (including phenoxy) is 26. The number of rotatable bonds is 23. The van der Waals surface area contributed by atoms with Crippen LogP contribution < -0.4 is 0 Å². The maximum Gasteiger partial charge on any atom is 0.320 e. The van der Waals surface area contributed by atoms with Crippen LogP contribution in [0.15, 0.2) is 72.8 Å². The van der Waals surface area contributed by atoms with Gasteiger partial charge in [-0.05, 0) is 190 Å². The van der Waals surface area contributed by atoms with E-state index < -0.39 is 166 Å². The second kappa shape index (κ2) is 44.7. The summed E-state index contributed by atoms with van der Waals surface area (Å²) in [7, 11) is 2.92. The molecule has 808 valence electrons. The van der Waals surface area contributed by atoms with Gasteiger partial charge in [0.05, 0.1) is 84.8 Å². The molecule has 20 atom stereocenters. The van der Waals surface area contributed by atoms with Crippen molar-refractivity contribution in [2.45, 2.75) is 369 Å². The van der Waals surface area contributed by atoms with Crippen LogP contribution in [0.2, 0.25) is 0 Å². The lowest BCUT2D eigenvalue weighted by Gasteiger charge is -2.42. The largest absolute Gasteiger partial charge is 0.480 e. The minimum atomic E-state index is -3.64. The van der Waals surface area contributed by atoms with Crippen molar-refractivity contribution in [1.82, 2.24) is 19.8 Å². The highest BCUT2D eigenvalue weighted by atomic mass is 35.7. The Bertz CT molecular complexity index is 4770. The number of aryl methyl sites for hydroxylation is 1. The number of allylic oxidation sites excluding steroid dienone is 1. The third-order valence-corrected chi connectivity index (χ3v) is 24.8. The fraction of sp³-hybridized carbons (Fsp3) is 0.800. The lowest BCUT2D eigenvalue weighted by molar-refractivity contribution is -0.294. The Hall–Kier alpha value is -5.32. The molecule has 0 radical (unpaired) electrons. The van der Waals surface area contributed by atoms with Crippen LogP contribution in [0.4, 0.5) is 0 Å². The van der Waals surface area contributed by atoms with Gasteiger partial charge in [-0.15, -0.1) is 0 Å². The zero-order valence-corrected chi connectivity index (χ0v) is 88.6. The maximum atomic E-state index is 12.3. The third-order valence-electron chi connectivity index (χ3n) is 24.2. The number of likely N-dealkylation sites (N-methyl/N-ethyl adjacent to an activating group) is 3. The van der Waals surface area contributed by atoms with E-state index in [2.05, 4.69) is 54.5 Å². The summed E-state index contributed by atoms with van der Waals surface area (Å²) in [6, 6.07) is 20.2. The number of amides is 2. The average molecular weight is 2090 g/mol. The van der Waals surface area contributed by atoms with E-state index >= 15 is 0 Å². The molecule has 2 aromatic rings. The van der Waals surface area contributed by atoms with Crippen LogP contribution in [-0.4, -0.2) is 384 Å². The Kier molecular flexibility index (Phi) is 36.8. The molecule has 47 heteroatoms. The summed E-state index contributed by atoms with van der Waals surface area (Å²) in [4.78, 5) is 59.8. The van der Waals surface area contributed by atoms with Crippen molar-refractivity contribution in [1.29, 1.82) is 0 Å².